The summed E-state index contributed by atoms with van der Waals surface area (Å²) in [7, 11) is 0. The summed E-state index contributed by atoms with van der Waals surface area (Å²) in [6.45, 7) is 7.10. The molecule has 27 heavy (non-hydrogen) atoms. The number of nitrogens with one attached hydrogen (secondary N) is 1. The lowest BCUT2D eigenvalue weighted by atomic mass is 10.0. The van der Waals surface area contributed by atoms with Crippen molar-refractivity contribution < 1.29 is 9.59 Å². The third-order valence-electron chi connectivity index (χ3n) is 4.03. The van der Waals surface area contributed by atoms with Gasteiger partial charge in [-0.1, -0.05) is 23.8 Å². The van der Waals surface area contributed by atoms with Crippen molar-refractivity contribution in [2.75, 3.05) is 16.0 Å². The molecule has 0 aliphatic rings. The summed E-state index contributed by atoms with van der Waals surface area (Å²) in [5, 5.41) is 12.2. The van der Waals surface area contributed by atoms with Crippen molar-refractivity contribution in [1.29, 1.82) is 5.26 Å². The van der Waals surface area contributed by atoms with Gasteiger partial charge in [-0.3, -0.25) is 14.5 Å². The Bertz CT molecular complexity index is 947. The molecule has 3 N–H and O–H groups in total. The number of hydrogen-bond donors (Lipinski definition) is 2. The summed E-state index contributed by atoms with van der Waals surface area (Å²) in [5.41, 5.74) is 10.1. The van der Waals surface area contributed by atoms with Crippen LogP contribution in [0.15, 0.2) is 48.2 Å². The van der Waals surface area contributed by atoms with Crippen LogP contribution in [-0.4, -0.2) is 11.8 Å². The molecule has 0 saturated heterocycles. The van der Waals surface area contributed by atoms with Crippen molar-refractivity contribution in [3.05, 3.63) is 64.9 Å². The molecule has 0 aliphatic carbocycles. The van der Waals surface area contributed by atoms with Gasteiger partial charge in [-0.05, 0) is 50.1 Å². The number of nitrogens with zero attached hydrogens (tertiary/aromatic N) is 2. The van der Waals surface area contributed by atoms with Crippen LogP contribution >= 0.6 is 0 Å². The van der Waals surface area contributed by atoms with Crippen LogP contribution < -0.4 is 16.0 Å². The predicted molar refractivity (Wildman–Crippen MR) is 107 cm³/mol. The molecule has 0 spiro atoms. The zero-order valence-electron chi connectivity index (χ0n) is 15.8. The molecule has 0 radical (unpaired) electrons. The monoisotopic (exact) mass is 362 g/mol. The molecule has 0 heterocycles. The number of amides is 2. The molecular weight excluding hydrogens is 340 g/mol. The van der Waals surface area contributed by atoms with Gasteiger partial charge in [0.05, 0.1) is 5.69 Å². The zero-order valence-corrected chi connectivity index (χ0v) is 15.8. The molecule has 6 nitrogen and oxygen atoms in total. The van der Waals surface area contributed by atoms with Gasteiger partial charge in [0.2, 0.25) is 5.91 Å². The van der Waals surface area contributed by atoms with E-state index in [9.17, 15) is 14.9 Å². The maximum absolute atomic E-state index is 12.6. The largest absolute Gasteiger partial charge is 0.399 e. The summed E-state index contributed by atoms with van der Waals surface area (Å²) < 4.78 is 0. The highest BCUT2D eigenvalue weighted by Crippen LogP contribution is 2.23. The van der Waals surface area contributed by atoms with Crippen LogP contribution in [-0.2, 0) is 9.59 Å². The molecule has 0 unspecified atom stereocenters. The first-order valence-corrected chi connectivity index (χ1v) is 8.39. The van der Waals surface area contributed by atoms with Crippen LogP contribution in [0, 0.1) is 32.1 Å². The average molecular weight is 362 g/mol. The lowest BCUT2D eigenvalue weighted by Crippen LogP contribution is -2.25. The molecule has 2 rings (SSSR count). The van der Waals surface area contributed by atoms with Gasteiger partial charge in [0.15, 0.2) is 0 Å². The number of aryl methyl sites for hydroxylation is 3. The van der Waals surface area contributed by atoms with Crippen molar-refractivity contribution in [3.8, 4) is 6.07 Å². The van der Waals surface area contributed by atoms with Gasteiger partial charge in [-0.15, -0.1) is 0 Å². The highest BCUT2D eigenvalue weighted by Gasteiger charge is 2.17. The van der Waals surface area contributed by atoms with E-state index in [1.54, 1.807) is 24.3 Å². The molecule has 138 valence electrons. The Morgan fingerprint density at radius 2 is 1.78 bits per heavy atom. The van der Waals surface area contributed by atoms with Gasteiger partial charge < -0.3 is 11.1 Å². The second-order valence-corrected chi connectivity index (χ2v) is 6.37. The Morgan fingerprint density at radius 3 is 2.30 bits per heavy atom. The Labute approximate surface area is 158 Å². The fourth-order valence-electron chi connectivity index (χ4n) is 2.85. The summed E-state index contributed by atoms with van der Waals surface area (Å²) in [6, 6.07) is 12.4. The minimum atomic E-state index is -0.581. The lowest BCUT2D eigenvalue weighted by molar-refractivity contribution is -0.116. The fraction of sp³-hybridized carbons (Fsp3) is 0.190. The SMILES string of the molecule is CC(=O)N(/C=C(/C#N)C(=O)Nc1c(C)cc(C)cc1C)c1cccc(N)c1. The van der Waals surface area contributed by atoms with E-state index in [2.05, 4.69) is 5.32 Å². The van der Waals surface area contributed by atoms with Gasteiger partial charge in [0.1, 0.15) is 11.6 Å². The number of carbonyl (C=O) groups is 2. The normalized spacial score (nSPS) is 10.9. The predicted octanol–water partition coefficient (Wildman–Crippen LogP) is 3.59. The van der Waals surface area contributed by atoms with Crippen LogP contribution in [0.3, 0.4) is 0 Å². The van der Waals surface area contributed by atoms with E-state index >= 15 is 0 Å². The van der Waals surface area contributed by atoms with Gasteiger partial charge in [0, 0.05) is 24.5 Å². The second-order valence-electron chi connectivity index (χ2n) is 6.37. The zero-order chi connectivity index (χ0) is 20.1. The number of hydrogen-bond acceptors (Lipinski definition) is 4. The first-order valence-electron chi connectivity index (χ1n) is 8.39. The van der Waals surface area contributed by atoms with E-state index in [0.29, 0.717) is 17.1 Å². The summed E-state index contributed by atoms with van der Waals surface area (Å²) in [4.78, 5) is 25.9. The van der Waals surface area contributed by atoms with E-state index in [1.165, 1.54) is 18.0 Å². The summed E-state index contributed by atoms with van der Waals surface area (Å²) in [6.07, 6.45) is 1.23. The quantitative estimate of drug-likeness (QED) is 0.493. The van der Waals surface area contributed by atoms with Crippen LogP contribution in [0.5, 0.6) is 0 Å². The van der Waals surface area contributed by atoms with E-state index in [-0.39, 0.29) is 11.5 Å². The smallest absolute Gasteiger partial charge is 0.267 e. The van der Waals surface area contributed by atoms with Gasteiger partial charge in [0.25, 0.3) is 5.91 Å². The number of nitriles is 1. The minimum absolute atomic E-state index is 0.188. The van der Waals surface area contributed by atoms with Crippen LogP contribution in [0.1, 0.15) is 23.6 Å². The molecule has 2 aromatic carbocycles. The number of rotatable bonds is 4. The number of nitrogens with two attached hydrogens (primary N) is 1. The average Bonchev–Trinajstić information content (AvgIpc) is 2.58. The van der Waals surface area contributed by atoms with Gasteiger partial charge in [-0.2, -0.15) is 5.26 Å². The highest BCUT2D eigenvalue weighted by molar-refractivity contribution is 6.08. The Kier molecular flexibility index (Phi) is 5.99. The first-order chi connectivity index (χ1) is 12.7. The number of anilines is 3. The van der Waals surface area contributed by atoms with Crippen molar-refractivity contribution in [3.63, 3.8) is 0 Å². The van der Waals surface area contributed by atoms with Gasteiger partial charge in [-0.25, -0.2) is 0 Å². The first kappa shape index (κ1) is 19.7. The molecule has 0 atom stereocenters. The van der Waals surface area contributed by atoms with Crippen molar-refractivity contribution in [2.45, 2.75) is 27.7 Å². The van der Waals surface area contributed by atoms with E-state index in [4.69, 9.17) is 5.73 Å². The van der Waals surface area contributed by atoms with Crippen molar-refractivity contribution in [1.82, 2.24) is 0 Å². The molecule has 2 amide bonds. The maximum Gasteiger partial charge on any atom is 0.267 e. The topological polar surface area (TPSA) is 99.2 Å². The summed E-state index contributed by atoms with van der Waals surface area (Å²) >= 11 is 0. The Hall–Kier alpha value is -3.59. The molecule has 6 heteroatoms. The molecule has 0 saturated carbocycles. The highest BCUT2D eigenvalue weighted by atomic mass is 16.2. The molecule has 0 fully saturated rings. The number of benzene rings is 2. The van der Waals surface area contributed by atoms with Gasteiger partial charge >= 0.3 is 0 Å². The fourth-order valence-corrected chi connectivity index (χ4v) is 2.85. The third kappa shape index (κ3) is 4.73. The standard InChI is InChI=1S/C21H22N4O2/c1-13-8-14(2)20(15(3)9-13)24-21(27)17(11-22)12-25(16(4)26)19-7-5-6-18(23)10-19/h5-10,12H,23H2,1-4H3,(H,24,27)/b17-12-. The Morgan fingerprint density at radius 1 is 1.15 bits per heavy atom. The van der Waals surface area contributed by atoms with Crippen LogP contribution in [0.4, 0.5) is 17.1 Å². The van der Waals surface area contributed by atoms with Crippen molar-refractivity contribution >= 4 is 28.9 Å². The van der Waals surface area contributed by atoms with Crippen LogP contribution in [0.25, 0.3) is 0 Å². The molecular formula is C21H22N4O2. The number of carbonyl (C=O) groups excluding carboxylic acids is 2. The van der Waals surface area contributed by atoms with Crippen LogP contribution in [0.2, 0.25) is 0 Å². The molecule has 0 aliphatic heterocycles. The summed E-state index contributed by atoms with van der Waals surface area (Å²) in [5.74, 6) is -0.924. The van der Waals surface area contributed by atoms with Crippen molar-refractivity contribution in [2.24, 2.45) is 0 Å². The molecule has 0 aromatic heterocycles. The minimum Gasteiger partial charge on any atom is -0.399 e. The third-order valence-corrected chi connectivity index (χ3v) is 4.03. The Balaban J connectivity index is 2.38. The molecule has 0 bridgehead atoms. The second kappa shape index (κ2) is 8.19. The number of nitrogen functional groups attached to an aromatic ring is 1. The van der Waals surface area contributed by atoms with E-state index in [0.717, 1.165) is 16.7 Å². The molecule has 2 aromatic rings. The van der Waals surface area contributed by atoms with E-state index < -0.39 is 5.91 Å². The maximum atomic E-state index is 12.6. The lowest BCUT2D eigenvalue weighted by Gasteiger charge is -2.18. The van der Waals surface area contributed by atoms with E-state index in [1.807, 2.05) is 39.0 Å².